The molecule has 0 aliphatic heterocycles. The molecule has 0 rings (SSSR count). The Morgan fingerprint density at radius 3 is 1.14 bits per heavy atom. The number of esters is 3. The molecule has 0 aliphatic carbocycles. The van der Waals surface area contributed by atoms with E-state index >= 15 is 0 Å². The molecule has 334 valence electrons. The predicted molar refractivity (Wildman–Crippen MR) is 247 cm³/mol. The molecule has 0 radical (unpaired) electrons. The Balaban J connectivity index is 4.43. The summed E-state index contributed by atoms with van der Waals surface area (Å²) in [5.41, 5.74) is 0. The average Bonchev–Trinajstić information content (AvgIpc) is 3.22. The summed E-state index contributed by atoms with van der Waals surface area (Å²) in [6, 6.07) is 0. The summed E-state index contributed by atoms with van der Waals surface area (Å²) in [5, 5.41) is 0. The molecule has 0 saturated heterocycles. The Kier molecular flexibility index (Phi) is 44.5. The Labute approximate surface area is 358 Å². The minimum Gasteiger partial charge on any atom is -0.462 e. The van der Waals surface area contributed by atoms with E-state index in [0.29, 0.717) is 19.3 Å². The molecule has 0 N–H and O–H groups in total. The van der Waals surface area contributed by atoms with Gasteiger partial charge in [0, 0.05) is 19.3 Å². The number of unbranched alkanes of at least 4 members (excludes halogenated alkanes) is 22. The maximum atomic E-state index is 12.7. The first-order chi connectivity index (χ1) is 28.5. The van der Waals surface area contributed by atoms with E-state index < -0.39 is 6.10 Å². The van der Waals surface area contributed by atoms with E-state index in [-0.39, 0.29) is 31.1 Å². The molecule has 0 aliphatic rings. The first-order valence-electron chi connectivity index (χ1n) is 24.3. The van der Waals surface area contributed by atoms with Gasteiger partial charge < -0.3 is 14.2 Å². The number of rotatable bonds is 43. The highest BCUT2D eigenvalue weighted by Gasteiger charge is 2.19. The van der Waals surface area contributed by atoms with Crippen molar-refractivity contribution in [3.63, 3.8) is 0 Å². The SMILES string of the molecule is CC/C=C\C/C=C\C/C=C\CCCCCC(=O)OC(COC(=O)CCCCCCC/C=C\C/C=C\CCC)COC(=O)CCCCCCCCCCCCCCCC. The molecule has 1 unspecified atom stereocenters. The van der Waals surface area contributed by atoms with Crippen molar-refractivity contribution in [1.29, 1.82) is 0 Å². The summed E-state index contributed by atoms with van der Waals surface area (Å²) in [6.07, 6.45) is 56.3. The molecular weight excluding hydrogens is 721 g/mol. The number of carbonyl (C=O) groups excluding carboxylic acids is 3. The monoisotopic (exact) mass is 811 g/mol. The van der Waals surface area contributed by atoms with Crippen LogP contribution < -0.4 is 0 Å². The van der Waals surface area contributed by atoms with E-state index in [1.165, 1.54) is 77.0 Å². The second kappa shape index (κ2) is 46.8. The zero-order valence-corrected chi connectivity index (χ0v) is 38.0. The Hall–Kier alpha value is -2.89. The predicted octanol–water partition coefficient (Wildman–Crippen LogP) is 15.7. The molecule has 0 bridgehead atoms. The van der Waals surface area contributed by atoms with Gasteiger partial charge in [-0.25, -0.2) is 0 Å². The molecule has 0 amide bonds. The highest BCUT2D eigenvalue weighted by Crippen LogP contribution is 2.15. The van der Waals surface area contributed by atoms with Crippen molar-refractivity contribution in [1.82, 2.24) is 0 Å². The smallest absolute Gasteiger partial charge is 0.306 e. The molecule has 6 nitrogen and oxygen atoms in total. The van der Waals surface area contributed by atoms with Crippen molar-refractivity contribution in [2.24, 2.45) is 0 Å². The molecule has 0 aromatic carbocycles. The van der Waals surface area contributed by atoms with Crippen molar-refractivity contribution in [2.45, 2.75) is 239 Å². The van der Waals surface area contributed by atoms with E-state index in [4.69, 9.17) is 14.2 Å². The fraction of sp³-hybridized carbons (Fsp3) is 0.750. The van der Waals surface area contributed by atoms with Crippen molar-refractivity contribution in [2.75, 3.05) is 13.2 Å². The van der Waals surface area contributed by atoms with Crippen LogP contribution in [0.15, 0.2) is 60.8 Å². The van der Waals surface area contributed by atoms with Gasteiger partial charge in [0.15, 0.2) is 6.10 Å². The van der Waals surface area contributed by atoms with Crippen molar-refractivity contribution < 1.29 is 28.6 Å². The van der Waals surface area contributed by atoms with Crippen LogP contribution in [0.2, 0.25) is 0 Å². The standard InChI is InChI=1S/C52H90O6/c1-4-7-10-13-16-19-22-25-28-30-33-36-39-42-45-51(54)57-48-49(58-52(55)46-43-40-37-34-31-27-24-21-18-15-12-9-6-3)47-56-50(53)44-41-38-35-32-29-26-23-20-17-14-11-8-5-2/h9,11-12,14,18,20-21,23,27,31,49H,4-8,10,13,15-17,19,22,24-26,28-30,32-48H2,1-3H3/b12-9-,14-11-,21-18-,23-20-,31-27-. The van der Waals surface area contributed by atoms with E-state index in [1.54, 1.807) is 0 Å². The second-order valence-corrected chi connectivity index (χ2v) is 16.0. The van der Waals surface area contributed by atoms with Gasteiger partial charge in [0.2, 0.25) is 0 Å². The maximum absolute atomic E-state index is 12.7. The molecule has 0 saturated carbocycles. The summed E-state index contributed by atoms with van der Waals surface area (Å²) in [6.45, 7) is 6.42. The van der Waals surface area contributed by atoms with Crippen molar-refractivity contribution in [3.05, 3.63) is 60.8 Å². The number of ether oxygens (including phenoxy) is 3. The quantitative estimate of drug-likeness (QED) is 0.0264. The lowest BCUT2D eigenvalue weighted by Crippen LogP contribution is -2.30. The lowest BCUT2D eigenvalue weighted by atomic mass is 10.0. The van der Waals surface area contributed by atoms with Crippen LogP contribution in [0.5, 0.6) is 0 Å². The summed E-state index contributed by atoms with van der Waals surface area (Å²) < 4.78 is 16.7. The van der Waals surface area contributed by atoms with Gasteiger partial charge >= 0.3 is 17.9 Å². The summed E-state index contributed by atoms with van der Waals surface area (Å²) in [5.74, 6) is -0.933. The summed E-state index contributed by atoms with van der Waals surface area (Å²) >= 11 is 0. The molecular formula is C52H90O6. The third-order valence-electron chi connectivity index (χ3n) is 10.2. The molecule has 0 spiro atoms. The number of carbonyl (C=O) groups is 3. The van der Waals surface area contributed by atoms with Gasteiger partial charge in [-0.1, -0.05) is 197 Å². The molecule has 0 aromatic rings. The molecule has 1 atom stereocenters. The van der Waals surface area contributed by atoms with E-state index in [9.17, 15) is 14.4 Å². The molecule has 0 aromatic heterocycles. The topological polar surface area (TPSA) is 78.9 Å². The zero-order valence-electron chi connectivity index (χ0n) is 38.0. The number of hydrogen-bond acceptors (Lipinski definition) is 6. The molecule has 6 heteroatoms. The number of hydrogen-bond donors (Lipinski definition) is 0. The first-order valence-corrected chi connectivity index (χ1v) is 24.3. The minimum atomic E-state index is -0.791. The average molecular weight is 811 g/mol. The molecule has 0 fully saturated rings. The fourth-order valence-corrected chi connectivity index (χ4v) is 6.61. The van der Waals surface area contributed by atoms with E-state index in [2.05, 4.69) is 81.5 Å². The van der Waals surface area contributed by atoms with Gasteiger partial charge in [0.25, 0.3) is 0 Å². The highest BCUT2D eigenvalue weighted by atomic mass is 16.6. The van der Waals surface area contributed by atoms with E-state index in [0.717, 1.165) is 116 Å². The first kappa shape index (κ1) is 55.1. The van der Waals surface area contributed by atoms with Crippen molar-refractivity contribution >= 4 is 17.9 Å². The van der Waals surface area contributed by atoms with Crippen LogP contribution >= 0.6 is 0 Å². The normalized spacial score (nSPS) is 12.5. The maximum Gasteiger partial charge on any atom is 0.306 e. The van der Waals surface area contributed by atoms with Crippen LogP contribution in [-0.4, -0.2) is 37.2 Å². The third kappa shape index (κ3) is 44.2. The largest absolute Gasteiger partial charge is 0.462 e. The summed E-state index contributed by atoms with van der Waals surface area (Å²) in [7, 11) is 0. The summed E-state index contributed by atoms with van der Waals surface area (Å²) in [4.78, 5) is 37.8. The van der Waals surface area contributed by atoms with Gasteiger partial charge in [-0.05, 0) is 77.0 Å². The van der Waals surface area contributed by atoms with Crippen LogP contribution in [0.4, 0.5) is 0 Å². The van der Waals surface area contributed by atoms with Crippen LogP contribution in [0.25, 0.3) is 0 Å². The fourth-order valence-electron chi connectivity index (χ4n) is 6.61. The highest BCUT2D eigenvalue weighted by molar-refractivity contribution is 5.71. The lowest BCUT2D eigenvalue weighted by molar-refractivity contribution is -0.167. The van der Waals surface area contributed by atoms with Gasteiger partial charge in [-0.3, -0.25) is 14.4 Å². The Bertz CT molecular complexity index is 1070. The lowest BCUT2D eigenvalue weighted by Gasteiger charge is -2.18. The van der Waals surface area contributed by atoms with Gasteiger partial charge in [-0.15, -0.1) is 0 Å². The third-order valence-corrected chi connectivity index (χ3v) is 10.2. The molecule has 58 heavy (non-hydrogen) atoms. The van der Waals surface area contributed by atoms with Crippen LogP contribution in [0.1, 0.15) is 233 Å². The molecule has 0 heterocycles. The van der Waals surface area contributed by atoms with Crippen LogP contribution in [0.3, 0.4) is 0 Å². The van der Waals surface area contributed by atoms with Gasteiger partial charge in [-0.2, -0.15) is 0 Å². The van der Waals surface area contributed by atoms with Crippen LogP contribution in [-0.2, 0) is 28.6 Å². The van der Waals surface area contributed by atoms with Crippen LogP contribution in [0, 0.1) is 0 Å². The minimum absolute atomic E-state index is 0.0892. The number of allylic oxidation sites excluding steroid dienone is 10. The zero-order chi connectivity index (χ0) is 42.3. The van der Waals surface area contributed by atoms with Gasteiger partial charge in [0.05, 0.1) is 0 Å². The Morgan fingerprint density at radius 2 is 0.707 bits per heavy atom. The Morgan fingerprint density at radius 1 is 0.362 bits per heavy atom. The van der Waals surface area contributed by atoms with Gasteiger partial charge in [0.1, 0.15) is 13.2 Å². The second-order valence-electron chi connectivity index (χ2n) is 16.0. The van der Waals surface area contributed by atoms with Crippen molar-refractivity contribution in [3.8, 4) is 0 Å². The van der Waals surface area contributed by atoms with E-state index in [1.807, 2.05) is 0 Å².